The number of hydrogen-bond donors (Lipinski definition) is 1. The highest BCUT2D eigenvalue weighted by Gasteiger charge is 2.34. The number of ether oxygens (including phenoxy) is 1. The van der Waals surface area contributed by atoms with Gasteiger partial charge in [0.15, 0.2) is 11.8 Å². The minimum Gasteiger partial charge on any atom is -0.464 e. The maximum Gasteiger partial charge on any atom is 0.336 e. The number of carbonyl (C=O) groups excluding carboxylic acids is 3. The van der Waals surface area contributed by atoms with E-state index in [4.69, 9.17) is 4.74 Å². The lowest BCUT2D eigenvalue weighted by Crippen LogP contribution is -2.47. The van der Waals surface area contributed by atoms with E-state index in [0.29, 0.717) is 6.42 Å². The molecule has 2 aromatic carbocycles. The summed E-state index contributed by atoms with van der Waals surface area (Å²) >= 11 is 0. The van der Waals surface area contributed by atoms with Crippen LogP contribution in [0.4, 0.5) is 5.69 Å². The third kappa shape index (κ3) is 6.02. The fourth-order valence-corrected chi connectivity index (χ4v) is 5.15. The van der Waals surface area contributed by atoms with Crippen LogP contribution in [0.25, 0.3) is 10.9 Å². The van der Waals surface area contributed by atoms with Crippen LogP contribution in [0.3, 0.4) is 0 Å². The van der Waals surface area contributed by atoms with Crippen LogP contribution in [0.15, 0.2) is 59.6 Å². The van der Waals surface area contributed by atoms with Crippen molar-refractivity contribution < 1.29 is 32.5 Å². The zero-order chi connectivity index (χ0) is 27.2. The molecule has 0 aliphatic rings. The molecule has 1 amide bonds. The molecule has 0 saturated carbocycles. The van der Waals surface area contributed by atoms with Gasteiger partial charge in [-0.3, -0.25) is 19.7 Å². The molecule has 3 aromatic rings. The van der Waals surface area contributed by atoms with Crippen molar-refractivity contribution in [2.45, 2.75) is 50.5 Å². The molecule has 12 heteroatoms. The van der Waals surface area contributed by atoms with Crippen LogP contribution in [0.1, 0.15) is 49.9 Å². The number of esters is 1. The number of Topliss-reactive ketones (excluding diaryl/α,β-unsaturated/α-hetero) is 1. The first-order chi connectivity index (χ1) is 17.6. The van der Waals surface area contributed by atoms with Gasteiger partial charge >= 0.3 is 5.97 Å². The first kappa shape index (κ1) is 27.5. The average molecular weight is 530 g/mol. The van der Waals surface area contributed by atoms with Gasteiger partial charge in [0.25, 0.3) is 15.7 Å². The van der Waals surface area contributed by atoms with Gasteiger partial charge in [0.05, 0.1) is 21.9 Å². The number of nitro benzene ring substituents is 1. The molecule has 0 saturated heterocycles. The average Bonchev–Trinajstić information content (AvgIpc) is 3.28. The van der Waals surface area contributed by atoms with E-state index in [1.807, 2.05) is 6.92 Å². The van der Waals surface area contributed by atoms with Crippen LogP contribution in [0, 0.1) is 10.1 Å². The van der Waals surface area contributed by atoms with Crippen molar-refractivity contribution in [3.63, 3.8) is 0 Å². The van der Waals surface area contributed by atoms with Gasteiger partial charge in [0.1, 0.15) is 0 Å². The SMILES string of the molecule is CCCCCC(=O)NC(C(=O)OCC)C(=O)c1cn(S(=O)(=O)c2ccc([N+](=O)[O-])cc2)c2ccccc12. The molecule has 0 bridgehead atoms. The van der Waals surface area contributed by atoms with Crippen molar-refractivity contribution in [2.24, 2.45) is 0 Å². The molecule has 0 aliphatic heterocycles. The summed E-state index contributed by atoms with van der Waals surface area (Å²) in [7, 11) is -4.28. The normalized spacial score (nSPS) is 12.2. The van der Waals surface area contributed by atoms with Gasteiger partial charge in [-0.05, 0) is 31.5 Å². The molecule has 1 N–H and O–H groups in total. The number of fused-ring (bicyclic) bond motifs is 1. The quantitative estimate of drug-likeness (QED) is 0.0932. The number of benzene rings is 2. The van der Waals surface area contributed by atoms with E-state index in [9.17, 15) is 32.9 Å². The zero-order valence-electron chi connectivity index (χ0n) is 20.4. The molecular weight excluding hydrogens is 502 g/mol. The lowest BCUT2D eigenvalue weighted by atomic mass is 10.0. The van der Waals surface area contributed by atoms with Gasteiger partial charge in [-0.2, -0.15) is 0 Å². The van der Waals surface area contributed by atoms with Crippen molar-refractivity contribution in [1.82, 2.24) is 9.29 Å². The van der Waals surface area contributed by atoms with Gasteiger partial charge in [0, 0.05) is 35.7 Å². The number of carbonyl (C=O) groups is 3. The Kier molecular flexibility index (Phi) is 8.77. The minimum atomic E-state index is -4.28. The predicted molar refractivity (Wildman–Crippen MR) is 135 cm³/mol. The summed E-state index contributed by atoms with van der Waals surface area (Å²) in [6, 6.07) is 8.86. The van der Waals surface area contributed by atoms with Crippen LogP contribution in [0.2, 0.25) is 0 Å². The topological polar surface area (TPSA) is 155 Å². The number of nitrogens with one attached hydrogen (secondary N) is 1. The maximum absolute atomic E-state index is 13.5. The van der Waals surface area contributed by atoms with Crippen LogP contribution in [0.5, 0.6) is 0 Å². The van der Waals surface area contributed by atoms with Gasteiger partial charge in [0.2, 0.25) is 5.91 Å². The first-order valence-electron chi connectivity index (χ1n) is 11.7. The standard InChI is InChI=1S/C25H27N3O8S/c1-3-5-6-11-22(29)26-23(25(31)36-4-2)24(30)20-16-27(21-10-8-7-9-19(20)21)37(34,35)18-14-12-17(13-15-18)28(32)33/h7-10,12-16,23H,3-6,11H2,1-2H3,(H,26,29). The molecular formula is C25H27N3O8S. The van der Waals surface area contributed by atoms with E-state index in [1.165, 1.54) is 12.1 Å². The molecule has 1 atom stereocenters. The number of amides is 1. The first-order valence-corrected chi connectivity index (χ1v) is 13.2. The summed E-state index contributed by atoms with van der Waals surface area (Å²) in [4.78, 5) is 48.7. The number of para-hydroxylation sites is 1. The highest BCUT2D eigenvalue weighted by Crippen LogP contribution is 2.28. The second-order valence-electron chi connectivity index (χ2n) is 8.19. The number of unbranched alkanes of at least 4 members (excludes halogenated alkanes) is 2. The molecule has 0 fully saturated rings. The third-order valence-corrected chi connectivity index (χ3v) is 7.33. The molecule has 37 heavy (non-hydrogen) atoms. The number of ketones is 1. The number of nitrogens with zero attached hydrogens (tertiary/aromatic N) is 2. The monoisotopic (exact) mass is 529 g/mol. The Morgan fingerprint density at radius 1 is 1.05 bits per heavy atom. The fourth-order valence-electron chi connectivity index (χ4n) is 3.78. The molecule has 1 heterocycles. The van der Waals surface area contributed by atoms with Gasteiger partial charge in [-0.15, -0.1) is 0 Å². The van der Waals surface area contributed by atoms with E-state index >= 15 is 0 Å². The number of aromatic nitrogens is 1. The van der Waals surface area contributed by atoms with Gasteiger partial charge in [-0.1, -0.05) is 38.0 Å². The predicted octanol–water partition coefficient (Wildman–Crippen LogP) is 3.60. The Morgan fingerprint density at radius 3 is 2.35 bits per heavy atom. The molecule has 196 valence electrons. The molecule has 1 aromatic heterocycles. The molecule has 0 spiro atoms. The lowest BCUT2D eigenvalue weighted by Gasteiger charge is -2.16. The highest BCUT2D eigenvalue weighted by molar-refractivity contribution is 7.90. The summed E-state index contributed by atoms with van der Waals surface area (Å²) in [5.74, 6) is -2.27. The van der Waals surface area contributed by atoms with E-state index in [-0.39, 0.29) is 40.1 Å². The van der Waals surface area contributed by atoms with E-state index < -0.39 is 38.6 Å². The second-order valence-corrected chi connectivity index (χ2v) is 10.0. The Labute approximate surface area is 213 Å². The van der Waals surface area contributed by atoms with Crippen LogP contribution >= 0.6 is 0 Å². The maximum atomic E-state index is 13.5. The second kappa shape index (κ2) is 11.8. The largest absolute Gasteiger partial charge is 0.464 e. The van der Waals surface area contributed by atoms with Crippen LogP contribution in [-0.2, 0) is 24.3 Å². The highest BCUT2D eigenvalue weighted by atomic mass is 32.2. The van der Waals surface area contributed by atoms with Crippen molar-refractivity contribution in [3.05, 3.63) is 70.4 Å². The Balaban J connectivity index is 2.05. The number of non-ortho nitro benzene ring substituents is 1. The van der Waals surface area contributed by atoms with E-state index in [2.05, 4.69) is 5.32 Å². The van der Waals surface area contributed by atoms with Crippen LogP contribution in [-0.4, -0.2) is 47.6 Å². The Morgan fingerprint density at radius 2 is 1.73 bits per heavy atom. The summed E-state index contributed by atoms with van der Waals surface area (Å²) in [5, 5.41) is 13.6. The Bertz CT molecular complexity index is 1430. The summed E-state index contributed by atoms with van der Waals surface area (Å²) in [5.41, 5.74) is -0.229. The smallest absolute Gasteiger partial charge is 0.336 e. The Hall–Kier alpha value is -4.06. The lowest BCUT2D eigenvalue weighted by molar-refractivity contribution is -0.384. The van der Waals surface area contributed by atoms with Gasteiger partial charge < -0.3 is 10.1 Å². The molecule has 3 rings (SSSR count). The number of hydrogen-bond acceptors (Lipinski definition) is 8. The molecule has 1 unspecified atom stereocenters. The van der Waals surface area contributed by atoms with Crippen molar-refractivity contribution in [2.75, 3.05) is 6.61 Å². The fraction of sp³-hybridized carbons (Fsp3) is 0.320. The molecule has 11 nitrogen and oxygen atoms in total. The van der Waals surface area contributed by atoms with Crippen molar-refractivity contribution >= 4 is 44.3 Å². The van der Waals surface area contributed by atoms with Crippen molar-refractivity contribution in [3.8, 4) is 0 Å². The van der Waals surface area contributed by atoms with Gasteiger partial charge in [-0.25, -0.2) is 17.2 Å². The molecule has 0 aliphatic carbocycles. The number of rotatable bonds is 12. The van der Waals surface area contributed by atoms with Crippen molar-refractivity contribution in [1.29, 1.82) is 0 Å². The number of nitro groups is 1. The summed E-state index contributed by atoms with van der Waals surface area (Å²) < 4.78 is 32.7. The minimum absolute atomic E-state index is 0.0232. The van der Waals surface area contributed by atoms with E-state index in [0.717, 1.165) is 47.3 Å². The zero-order valence-corrected chi connectivity index (χ0v) is 21.2. The van der Waals surface area contributed by atoms with Crippen LogP contribution < -0.4 is 5.32 Å². The summed E-state index contributed by atoms with van der Waals surface area (Å²) in [6.07, 6.45) is 3.47. The summed E-state index contributed by atoms with van der Waals surface area (Å²) in [6.45, 7) is 3.51. The third-order valence-electron chi connectivity index (χ3n) is 5.65. The van der Waals surface area contributed by atoms with E-state index in [1.54, 1.807) is 19.1 Å². The molecule has 0 radical (unpaired) electrons.